The molecule has 0 amide bonds. The summed E-state index contributed by atoms with van der Waals surface area (Å²) in [4.78, 5) is 12.2. The van der Waals surface area contributed by atoms with Crippen molar-refractivity contribution in [2.75, 3.05) is 13.7 Å². The molecule has 4 nitrogen and oxygen atoms in total. The Morgan fingerprint density at radius 1 is 1.04 bits per heavy atom. The Kier molecular flexibility index (Phi) is 5.86. The number of hydrogen-bond donors (Lipinski definition) is 0. The molecule has 0 radical (unpaired) electrons. The second kappa shape index (κ2) is 8.49. The molecule has 1 atom stereocenters. The first-order valence-electron chi connectivity index (χ1n) is 8.49. The van der Waals surface area contributed by atoms with Crippen LogP contribution in [0.15, 0.2) is 54.6 Å². The minimum absolute atomic E-state index is 0.0430. The smallest absolute Gasteiger partial charge is 0.199 e. The van der Waals surface area contributed by atoms with Gasteiger partial charge in [0.05, 0.1) is 13.7 Å². The average molecular weight is 338 g/mol. The van der Waals surface area contributed by atoms with E-state index in [0.717, 1.165) is 42.9 Å². The van der Waals surface area contributed by atoms with Gasteiger partial charge in [0, 0.05) is 12.0 Å². The molecule has 0 spiro atoms. The van der Waals surface area contributed by atoms with Crippen LogP contribution in [0.5, 0.6) is 11.5 Å². The van der Waals surface area contributed by atoms with E-state index in [1.807, 2.05) is 24.3 Å². The van der Waals surface area contributed by atoms with E-state index >= 15 is 0 Å². The largest absolute Gasteiger partial charge is 0.497 e. The lowest BCUT2D eigenvalue weighted by Crippen LogP contribution is -2.24. The van der Waals surface area contributed by atoms with Gasteiger partial charge >= 0.3 is 0 Å². The standard InChI is InChI=1S/C21H22O4/c1-23-18-12-8-17(9-13-18)20(22)14-7-16-5-10-19(11-6-16)25-21-4-2-3-15-24-21/h5-14,21H,2-4,15H2,1H3/b14-7+. The van der Waals surface area contributed by atoms with Crippen LogP contribution < -0.4 is 9.47 Å². The zero-order valence-corrected chi connectivity index (χ0v) is 14.3. The van der Waals surface area contributed by atoms with Crippen molar-refractivity contribution in [3.05, 3.63) is 65.7 Å². The van der Waals surface area contributed by atoms with E-state index in [0.29, 0.717) is 5.56 Å². The van der Waals surface area contributed by atoms with Gasteiger partial charge in [-0.05, 0) is 60.9 Å². The van der Waals surface area contributed by atoms with Crippen LogP contribution in [0.4, 0.5) is 0 Å². The van der Waals surface area contributed by atoms with E-state index in [-0.39, 0.29) is 12.1 Å². The summed E-state index contributed by atoms with van der Waals surface area (Å²) >= 11 is 0. The van der Waals surface area contributed by atoms with Crippen molar-refractivity contribution in [3.63, 3.8) is 0 Å². The summed E-state index contributed by atoms with van der Waals surface area (Å²) < 4.78 is 16.5. The van der Waals surface area contributed by atoms with Crippen LogP contribution >= 0.6 is 0 Å². The maximum Gasteiger partial charge on any atom is 0.199 e. The number of carbonyl (C=O) groups excluding carboxylic acids is 1. The minimum atomic E-state index is -0.146. The molecule has 1 saturated heterocycles. The molecule has 0 aromatic heterocycles. The molecule has 1 heterocycles. The van der Waals surface area contributed by atoms with Gasteiger partial charge in [-0.2, -0.15) is 0 Å². The van der Waals surface area contributed by atoms with Gasteiger partial charge in [-0.15, -0.1) is 0 Å². The fraction of sp³-hybridized carbons (Fsp3) is 0.286. The lowest BCUT2D eigenvalue weighted by Gasteiger charge is -2.23. The molecular formula is C21H22O4. The molecule has 1 aliphatic rings. The zero-order valence-electron chi connectivity index (χ0n) is 14.3. The van der Waals surface area contributed by atoms with Crippen LogP contribution in [0.1, 0.15) is 35.2 Å². The highest BCUT2D eigenvalue weighted by atomic mass is 16.7. The molecule has 1 aliphatic heterocycles. The summed E-state index contributed by atoms with van der Waals surface area (Å²) in [5, 5.41) is 0. The number of benzene rings is 2. The summed E-state index contributed by atoms with van der Waals surface area (Å²) in [7, 11) is 1.60. The molecule has 1 fully saturated rings. The van der Waals surface area contributed by atoms with Gasteiger partial charge in [0.2, 0.25) is 0 Å². The zero-order chi connectivity index (χ0) is 17.5. The molecule has 1 unspecified atom stereocenters. The Morgan fingerprint density at radius 2 is 1.76 bits per heavy atom. The first kappa shape index (κ1) is 17.2. The third-order valence-electron chi connectivity index (χ3n) is 4.09. The van der Waals surface area contributed by atoms with Crippen LogP contribution in [0.3, 0.4) is 0 Å². The molecule has 0 aliphatic carbocycles. The molecule has 4 heteroatoms. The van der Waals surface area contributed by atoms with E-state index < -0.39 is 0 Å². The van der Waals surface area contributed by atoms with E-state index in [2.05, 4.69) is 0 Å². The van der Waals surface area contributed by atoms with Crippen LogP contribution in [-0.4, -0.2) is 25.8 Å². The maximum atomic E-state index is 12.2. The van der Waals surface area contributed by atoms with E-state index in [9.17, 15) is 4.79 Å². The molecule has 0 bridgehead atoms. The molecule has 130 valence electrons. The predicted octanol–water partition coefficient (Wildman–Crippen LogP) is 4.50. The SMILES string of the molecule is COc1ccc(C(=O)/C=C/c2ccc(OC3CCCCO3)cc2)cc1. The van der Waals surface area contributed by atoms with E-state index in [1.165, 1.54) is 0 Å². The molecule has 3 rings (SSSR count). The first-order chi connectivity index (χ1) is 12.2. The Hall–Kier alpha value is -2.59. The Balaban J connectivity index is 1.58. The van der Waals surface area contributed by atoms with Crippen molar-refractivity contribution in [2.24, 2.45) is 0 Å². The van der Waals surface area contributed by atoms with Crippen molar-refractivity contribution in [1.29, 1.82) is 0 Å². The molecule has 0 saturated carbocycles. The van der Waals surface area contributed by atoms with Gasteiger partial charge in [0.25, 0.3) is 0 Å². The Labute approximate surface area is 148 Å². The number of methoxy groups -OCH3 is 1. The van der Waals surface area contributed by atoms with Crippen molar-refractivity contribution < 1.29 is 19.0 Å². The summed E-state index contributed by atoms with van der Waals surface area (Å²) in [5.74, 6) is 1.47. The number of carbonyl (C=O) groups is 1. The fourth-order valence-electron chi connectivity index (χ4n) is 2.64. The van der Waals surface area contributed by atoms with Crippen LogP contribution in [0, 0.1) is 0 Å². The second-order valence-corrected chi connectivity index (χ2v) is 5.91. The lowest BCUT2D eigenvalue weighted by molar-refractivity contribution is -0.105. The third-order valence-corrected chi connectivity index (χ3v) is 4.09. The number of hydrogen-bond acceptors (Lipinski definition) is 4. The van der Waals surface area contributed by atoms with Crippen LogP contribution in [0.2, 0.25) is 0 Å². The Morgan fingerprint density at radius 3 is 2.40 bits per heavy atom. The topological polar surface area (TPSA) is 44.8 Å². The van der Waals surface area contributed by atoms with Gasteiger partial charge in [0.15, 0.2) is 12.1 Å². The third kappa shape index (κ3) is 4.94. The van der Waals surface area contributed by atoms with Gasteiger partial charge in [-0.3, -0.25) is 4.79 Å². The second-order valence-electron chi connectivity index (χ2n) is 5.91. The molecule has 2 aromatic rings. The van der Waals surface area contributed by atoms with Gasteiger partial charge < -0.3 is 14.2 Å². The molecule has 0 N–H and O–H groups in total. The predicted molar refractivity (Wildman–Crippen MR) is 97.0 cm³/mol. The number of ketones is 1. The first-order valence-corrected chi connectivity index (χ1v) is 8.49. The highest BCUT2D eigenvalue weighted by molar-refractivity contribution is 6.06. The monoisotopic (exact) mass is 338 g/mol. The summed E-state index contributed by atoms with van der Waals surface area (Å²) in [6, 6.07) is 14.7. The normalized spacial score (nSPS) is 17.4. The highest BCUT2D eigenvalue weighted by Gasteiger charge is 2.14. The van der Waals surface area contributed by atoms with Crippen molar-refractivity contribution in [1.82, 2.24) is 0 Å². The van der Waals surface area contributed by atoms with Gasteiger partial charge in [-0.25, -0.2) is 0 Å². The van der Waals surface area contributed by atoms with Crippen LogP contribution in [-0.2, 0) is 4.74 Å². The van der Waals surface area contributed by atoms with Gasteiger partial charge in [-0.1, -0.05) is 18.2 Å². The number of allylic oxidation sites excluding steroid dienone is 1. The Bertz CT molecular complexity index is 711. The molecular weight excluding hydrogens is 316 g/mol. The highest BCUT2D eigenvalue weighted by Crippen LogP contribution is 2.20. The summed E-state index contributed by atoms with van der Waals surface area (Å²) in [5.41, 5.74) is 1.57. The fourth-order valence-corrected chi connectivity index (χ4v) is 2.64. The minimum Gasteiger partial charge on any atom is -0.497 e. The van der Waals surface area contributed by atoms with E-state index in [1.54, 1.807) is 43.5 Å². The number of ether oxygens (including phenoxy) is 3. The maximum absolute atomic E-state index is 12.2. The molecule has 2 aromatic carbocycles. The lowest BCUT2D eigenvalue weighted by atomic mass is 10.1. The quantitative estimate of drug-likeness (QED) is 0.575. The van der Waals surface area contributed by atoms with Crippen LogP contribution in [0.25, 0.3) is 6.08 Å². The molecule has 25 heavy (non-hydrogen) atoms. The average Bonchev–Trinajstić information content (AvgIpc) is 2.68. The van der Waals surface area contributed by atoms with E-state index in [4.69, 9.17) is 14.2 Å². The summed E-state index contributed by atoms with van der Waals surface area (Å²) in [6.07, 6.45) is 6.39. The number of rotatable bonds is 6. The van der Waals surface area contributed by atoms with Gasteiger partial charge in [0.1, 0.15) is 11.5 Å². The van der Waals surface area contributed by atoms with Crippen molar-refractivity contribution in [3.8, 4) is 11.5 Å². The van der Waals surface area contributed by atoms with Crippen molar-refractivity contribution in [2.45, 2.75) is 25.6 Å². The summed E-state index contributed by atoms with van der Waals surface area (Å²) in [6.45, 7) is 0.763. The van der Waals surface area contributed by atoms with Crippen molar-refractivity contribution >= 4 is 11.9 Å².